The molecule has 1 aromatic rings. The Morgan fingerprint density at radius 2 is 1.82 bits per heavy atom. The molecule has 0 heterocycles. The molecule has 0 aromatic heterocycles. The van der Waals surface area contributed by atoms with Crippen molar-refractivity contribution in [3.8, 4) is 5.75 Å². The molecule has 1 aromatic carbocycles. The van der Waals surface area contributed by atoms with Gasteiger partial charge in [-0.25, -0.2) is 4.79 Å². The van der Waals surface area contributed by atoms with Crippen molar-refractivity contribution in [1.29, 1.82) is 0 Å². The summed E-state index contributed by atoms with van der Waals surface area (Å²) >= 11 is 0. The van der Waals surface area contributed by atoms with Crippen LogP contribution < -0.4 is 4.74 Å². The lowest BCUT2D eigenvalue weighted by Crippen LogP contribution is -2.23. The second-order valence-electron chi connectivity index (χ2n) is 4.36. The van der Waals surface area contributed by atoms with E-state index in [0.29, 0.717) is 5.75 Å². The molecule has 7 heteroatoms. The zero-order valence-corrected chi connectivity index (χ0v) is 12.2. The maximum absolute atomic E-state index is 12.7. The Kier molecular flexibility index (Phi) is 6.15. The minimum Gasteiger partial charge on any atom is -0.490 e. The second kappa shape index (κ2) is 7.63. The number of carbonyl (C=O) groups excluding carboxylic acids is 1. The Balaban J connectivity index is 2.56. The summed E-state index contributed by atoms with van der Waals surface area (Å²) in [6, 6.07) is 5.33. The molecule has 0 unspecified atom stereocenters. The molecule has 0 saturated carbocycles. The number of esters is 1. The van der Waals surface area contributed by atoms with Crippen LogP contribution in [0.15, 0.2) is 41.4 Å². The lowest BCUT2D eigenvalue weighted by Gasteiger charge is -2.11. The number of hydrogen-bond acceptors (Lipinski definition) is 4. The predicted molar refractivity (Wildman–Crippen MR) is 76.2 cm³/mol. The van der Waals surface area contributed by atoms with Crippen LogP contribution >= 0.6 is 0 Å². The molecule has 0 amide bonds. The van der Waals surface area contributed by atoms with Crippen molar-refractivity contribution in [3.63, 3.8) is 0 Å². The Morgan fingerprint density at radius 3 is 2.27 bits per heavy atom. The highest BCUT2D eigenvalue weighted by atomic mass is 19.4. The summed E-state index contributed by atoms with van der Waals surface area (Å²) in [5.41, 5.74) is -0.714. The average molecular weight is 315 g/mol. The first-order chi connectivity index (χ1) is 10.3. The lowest BCUT2D eigenvalue weighted by atomic mass is 10.1. The van der Waals surface area contributed by atoms with Crippen LogP contribution in [0.3, 0.4) is 0 Å². The number of halogens is 3. The van der Waals surface area contributed by atoms with Crippen LogP contribution in [0, 0.1) is 0 Å². The lowest BCUT2D eigenvalue weighted by molar-refractivity contribution is -0.139. The number of hydrogen-bond donors (Lipinski definition) is 0. The number of benzene rings is 1. The van der Waals surface area contributed by atoms with Gasteiger partial charge in [0.15, 0.2) is 0 Å². The van der Waals surface area contributed by atoms with Gasteiger partial charge in [-0.15, -0.1) is 0 Å². The molecule has 0 aliphatic carbocycles. The second-order valence-corrected chi connectivity index (χ2v) is 4.36. The molecule has 0 fully saturated rings. The van der Waals surface area contributed by atoms with Gasteiger partial charge in [-0.3, -0.25) is 4.99 Å². The molecule has 0 saturated heterocycles. The number of carbonyl (C=O) groups is 1. The van der Waals surface area contributed by atoms with Gasteiger partial charge in [-0.2, -0.15) is 13.2 Å². The van der Waals surface area contributed by atoms with Gasteiger partial charge in [-0.05, 0) is 31.2 Å². The van der Waals surface area contributed by atoms with E-state index in [1.807, 2.05) is 0 Å². The van der Waals surface area contributed by atoms with Crippen molar-refractivity contribution < 1.29 is 27.4 Å². The summed E-state index contributed by atoms with van der Waals surface area (Å²) in [4.78, 5) is 14.4. The van der Waals surface area contributed by atoms with Gasteiger partial charge in [0, 0.05) is 18.2 Å². The van der Waals surface area contributed by atoms with Gasteiger partial charge < -0.3 is 9.47 Å². The Bertz CT molecular complexity index is 562. The third-order valence-corrected chi connectivity index (χ3v) is 2.55. The van der Waals surface area contributed by atoms with Crippen LogP contribution in [0.1, 0.15) is 12.5 Å². The van der Waals surface area contributed by atoms with Gasteiger partial charge in [-0.1, -0.05) is 6.58 Å². The SMILES string of the molecule is C=C(C)C(=O)OCCOc1ccc(C(=NC)C(F)(F)F)cc1. The molecule has 22 heavy (non-hydrogen) atoms. The number of nitrogens with zero attached hydrogens (tertiary/aromatic N) is 1. The van der Waals surface area contributed by atoms with E-state index in [1.54, 1.807) is 0 Å². The largest absolute Gasteiger partial charge is 0.490 e. The van der Waals surface area contributed by atoms with Gasteiger partial charge in [0.1, 0.15) is 24.7 Å². The molecule has 0 atom stereocenters. The van der Waals surface area contributed by atoms with Gasteiger partial charge in [0.2, 0.25) is 0 Å². The normalized spacial score (nSPS) is 12.0. The van der Waals surface area contributed by atoms with E-state index in [4.69, 9.17) is 9.47 Å². The van der Waals surface area contributed by atoms with Crippen molar-refractivity contribution in [2.75, 3.05) is 20.3 Å². The van der Waals surface area contributed by atoms with E-state index in [1.165, 1.54) is 31.2 Å². The van der Waals surface area contributed by atoms with E-state index in [2.05, 4.69) is 11.6 Å². The fraction of sp³-hybridized carbons (Fsp3) is 0.333. The summed E-state index contributed by atoms with van der Waals surface area (Å²) in [6.45, 7) is 5.07. The van der Waals surface area contributed by atoms with E-state index in [0.717, 1.165) is 7.05 Å². The maximum Gasteiger partial charge on any atom is 0.433 e. The average Bonchev–Trinajstić information content (AvgIpc) is 2.44. The highest BCUT2D eigenvalue weighted by Crippen LogP contribution is 2.23. The molecule has 0 N–H and O–H groups in total. The van der Waals surface area contributed by atoms with Crippen LogP contribution in [0.5, 0.6) is 5.75 Å². The number of ether oxygens (including phenoxy) is 2. The summed E-state index contributed by atoms with van der Waals surface area (Å²) in [7, 11) is 1.09. The first-order valence-electron chi connectivity index (χ1n) is 6.35. The summed E-state index contributed by atoms with van der Waals surface area (Å²) in [6.07, 6.45) is -4.51. The predicted octanol–water partition coefficient (Wildman–Crippen LogP) is 3.17. The van der Waals surface area contributed by atoms with Crippen molar-refractivity contribution in [3.05, 3.63) is 42.0 Å². The molecule has 120 valence electrons. The van der Waals surface area contributed by atoms with Crippen molar-refractivity contribution >= 4 is 11.7 Å². The molecule has 0 aliphatic heterocycles. The zero-order valence-electron chi connectivity index (χ0n) is 12.2. The highest BCUT2D eigenvalue weighted by molar-refractivity contribution is 6.04. The zero-order chi connectivity index (χ0) is 16.8. The molecular formula is C15H16F3NO3. The Hall–Kier alpha value is -2.31. The smallest absolute Gasteiger partial charge is 0.433 e. The summed E-state index contributed by atoms with van der Waals surface area (Å²) < 4.78 is 48.1. The van der Waals surface area contributed by atoms with Crippen molar-refractivity contribution in [1.82, 2.24) is 0 Å². The molecule has 1 rings (SSSR count). The summed E-state index contributed by atoms with van der Waals surface area (Å²) in [5, 5.41) is 0. The van der Waals surface area contributed by atoms with Crippen LogP contribution in [0.25, 0.3) is 0 Å². The van der Waals surface area contributed by atoms with Crippen LogP contribution in [0.4, 0.5) is 13.2 Å². The van der Waals surface area contributed by atoms with Crippen molar-refractivity contribution in [2.24, 2.45) is 4.99 Å². The fourth-order valence-corrected chi connectivity index (χ4v) is 1.55. The topological polar surface area (TPSA) is 47.9 Å². The third kappa shape index (κ3) is 5.23. The van der Waals surface area contributed by atoms with Crippen LogP contribution in [-0.2, 0) is 9.53 Å². The maximum atomic E-state index is 12.7. The standard InChI is InChI=1S/C15H16F3NO3/c1-10(2)14(20)22-9-8-21-12-6-4-11(5-7-12)13(19-3)15(16,17)18/h4-7H,1,8-9H2,2-3H3. The van der Waals surface area contributed by atoms with Crippen molar-refractivity contribution in [2.45, 2.75) is 13.1 Å². The Morgan fingerprint density at radius 1 is 1.23 bits per heavy atom. The quantitative estimate of drug-likeness (QED) is 0.351. The first-order valence-corrected chi connectivity index (χ1v) is 6.35. The van der Waals surface area contributed by atoms with E-state index in [9.17, 15) is 18.0 Å². The van der Waals surface area contributed by atoms with E-state index in [-0.39, 0.29) is 24.4 Å². The highest BCUT2D eigenvalue weighted by Gasteiger charge is 2.36. The number of alkyl halides is 3. The van der Waals surface area contributed by atoms with Gasteiger partial charge in [0.05, 0.1) is 0 Å². The molecule has 4 nitrogen and oxygen atoms in total. The Labute approximate surface area is 126 Å². The van der Waals surface area contributed by atoms with E-state index >= 15 is 0 Å². The third-order valence-electron chi connectivity index (χ3n) is 2.55. The van der Waals surface area contributed by atoms with Crippen LogP contribution in [0.2, 0.25) is 0 Å². The van der Waals surface area contributed by atoms with E-state index < -0.39 is 17.9 Å². The molecule has 0 radical (unpaired) electrons. The first kappa shape index (κ1) is 17.7. The van der Waals surface area contributed by atoms with Crippen LogP contribution in [-0.4, -0.2) is 38.1 Å². The fourth-order valence-electron chi connectivity index (χ4n) is 1.55. The monoisotopic (exact) mass is 315 g/mol. The molecular weight excluding hydrogens is 299 g/mol. The minimum atomic E-state index is -4.51. The number of aliphatic imine (C=N–C) groups is 1. The minimum absolute atomic E-state index is 0.0255. The molecule has 0 spiro atoms. The molecule has 0 aliphatic rings. The number of rotatable bonds is 6. The van der Waals surface area contributed by atoms with Gasteiger partial charge in [0.25, 0.3) is 0 Å². The molecule has 0 bridgehead atoms. The summed E-state index contributed by atoms with van der Waals surface area (Å²) in [5.74, 6) is -0.152. The van der Waals surface area contributed by atoms with Gasteiger partial charge >= 0.3 is 12.1 Å².